The largest absolute Gasteiger partial charge is 0.476 e. The molecule has 1 aromatic heterocycles. The molecule has 0 aliphatic carbocycles. The third-order valence-electron chi connectivity index (χ3n) is 4.00. The van der Waals surface area contributed by atoms with Crippen molar-refractivity contribution in [2.24, 2.45) is 0 Å². The predicted octanol–water partition coefficient (Wildman–Crippen LogP) is 1.94. The monoisotopic (exact) mass is 317 g/mol. The fourth-order valence-electron chi connectivity index (χ4n) is 2.86. The first-order chi connectivity index (χ1) is 11.0. The summed E-state index contributed by atoms with van der Waals surface area (Å²) < 4.78 is 15.2. The Bertz CT molecular complexity index is 785. The molecule has 1 amide bonds. The van der Waals surface area contributed by atoms with E-state index in [0.717, 1.165) is 0 Å². The van der Waals surface area contributed by atoms with Crippen molar-refractivity contribution in [1.29, 1.82) is 0 Å². The van der Waals surface area contributed by atoms with Gasteiger partial charge in [0.05, 0.1) is 6.54 Å². The van der Waals surface area contributed by atoms with Gasteiger partial charge in [-0.1, -0.05) is 25.1 Å². The van der Waals surface area contributed by atoms with Gasteiger partial charge in [0.2, 0.25) is 0 Å². The number of rotatable bonds is 4. The van der Waals surface area contributed by atoms with Crippen molar-refractivity contribution in [3.63, 3.8) is 0 Å². The maximum Gasteiger partial charge on any atom is 0.356 e. The van der Waals surface area contributed by atoms with Crippen LogP contribution in [0.1, 0.15) is 39.0 Å². The van der Waals surface area contributed by atoms with E-state index in [1.165, 1.54) is 15.6 Å². The first-order valence-corrected chi connectivity index (χ1v) is 7.38. The van der Waals surface area contributed by atoms with Crippen molar-refractivity contribution < 1.29 is 19.1 Å². The molecular weight excluding hydrogens is 301 g/mol. The van der Waals surface area contributed by atoms with Gasteiger partial charge in [0, 0.05) is 24.2 Å². The molecule has 23 heavy (non-hydrogen) atoms. The van der Waals surface area contributed by atoms with Crippen LogP contribution in [0.15, 0.2) is 24.3 Å². The molecule has 1 aliphatic rings. The number of carboxylic acid groups (broad SMARTS) is 1. The van der Waals surface area contributed by atoms with Crippen LogP contribution < -0.4 is 0 Å². The Morgan fingerprint density at radius 1 is 1.35 bits per heavy atom. The number of hydrogen-bond donors (Lipinski definition) is 1. The summed E-state index contributed by atoms with van der Waals surface area (Å²) >= 11 is 0. The van der Waals surface area contributed by atoms with Crippen LogP contribution in [0.4, 0.5) is 4.39 Å². The summed E-state index contributed by atoms with van der Waals surface area (Å²) in [6.07, 6.45) is 0.399. The van der Waals surface area contributed by atoms with Crippen molar-refractivity contribution in [3.8, 4) is 0 Å². The maximum absolute atomic E-state index is 13.8. The van der Waals surface area contributed by atoms with Crippen LogP contribution in [0, 0.1) is 5.82 Å². The van der Waals surface area contributed by atoms with Crippen molar-refractivity contribution in [3.05, 3.63) is 52.6 Å². The topological polar surface area (TPSA) is 75.4 Å². The van der Waals surface area contributed by atoms with Crippen LogP contribution in [0.5, 0.6) is 0 Å². The van der Waals surface area contributed by atoms with E-state index in [0.29, 0.717) is 36.3 Å². The van der Waals surface area contributed by atoms with Gasteiger partial charge in [0.1, 0.15) is 11.5 Å². The quantitative estimate of drug-likeness (QED) is 0.935. The molecule has 0 spiro atoms. The van der Waals surface area contributed by atoms with Gasteiger partial charge in [0.25, 0.3) is 5.91 Å². The lowest BCUT2D eigenvalue weighted by Gasteiger charge is -2.28. The lowest BCUT2D eigenvalue weighted by molar-refractivity contribution is 0.0669. The lowest BCUT2D eigenvalue weighted by Crippen LogP contribution is -2.40. The smallest absolute Gasteiger partial charge is 0.356 e. The highest BCUT2D eigenvalue weighted by molar-refractivity contribution is 5.98. The van der Waals surface area contributed by atoms with E-state index >= 15 is 0 Å². The Morgan fingerprint density at radius 3 is 2.74 bits per heavy atom. The zero-order valence-electron chi connectivity index (χ0n) is 12.6. The van der Waals surface area contributed by atoms with E-state index in [2.05, 4.69) is 5.10 Å². The number of amides is 1. The Kier molecular flexibility index (Phi) is 3.85. The average molecular weight is 317 g/mol. The SMILES string of the molecule is CCc1c(C(=O)O)nn2c1C(=O)N(Cc1ccccc1F)CC2. The number of carbonyl (C=O) groups is 2. The van der Waals surface area contributed by atoms with Crippen molar-refractivity contribution in [1.82, 2.24) is 14.7 Å². The molecule has 1 N–H and O–H groups in total. The average Bonchev–Trinajstić information content (AvgIpc) is 2.91. The van der Waals surface area contributed by atoms with Crippen LogP contribution in [-0.2, 0) is 19.5 Å². The second-order valence-corrected chi connectivity index (χ2v) is 5.38. The molecule has 1 aliphatic heterocycles. The van der Waals surface area contributed by atoms with Crippen LogP contribution in [0.3, 0.4) is 0 Å². The standard InChI is InChI=1S/C16H16FN3O3/c1-2-11-13(16(22)23)18-20-8-7-19(15(21)14(11)20)9-10-5-3-4-6-12(10)17/h3-6H,2,7-9H2,1H3,(H,22,23). The zero-order chi connectivity index (χ0) is 16.6. The van der Waals surface area contributed by atoms with Crippen molar-refractivity contribution in [2.75, 3.05) is 6.54 Å². The van der Waals surface area contributed by atoms with E-state index in [1.807, 2.05) is 0 Å². The van der Waals surface area contributed by atoms with Gasteiger partial charge < -0.3 is 10.0 Å². The highest BCUT2D eigenvalue weighted by Gasteiger charge is 2.32. The molecule has 2 aromatic rings. The number of carbonyl (C=O) groups excluding carboxylic acids is 1. The van der Waals surface area contributed by atoms with Crippen LogP contribution in [0.25, 0.3) is 0 Å². The van der Waals surface area contributed by atoms with Gasteiger partial charge in [-0.25, -0.2) is 9.18 Å². The zero-order valence-corrected chi connectivity index (χ0v) is 12.6. The normalized spacial score (nSPS) is 14.0. The van der Waals surface area contributed by atoms with Gasteiger partial charge in [-0.3, -0.25) is 9.48 Å². The van der Waals surface area contributed by atoms with Gasteiger partial charge in [-0.15, -0.1) is 0 Å². The summed E-state index contributed by atoms with van der Waals surface area (Å²) in [6.45, 7) is 2.70. The second-order valence-electron chi connectivity index (χ2n) is 5.38. The molecule has 3 rings (SSSR count). The van der Waals surface area contributed by atoms with Gasteiger partial charge >= 0.3 is 5.97 Å². The molecule has 2 heterocycles. The number of fused-ring (bicyclic) bond motifs is 1. The van der Waals surface area contributed by atoms with E-state index in [9.17, 15) is 19.1 Å². The Morgan fingerprint density at radius 2 is 2.09 bits per heavy atom. The van der Waals surface area contributed by atoms with Crippen LogP contribution in [0.2, 0.25) is 0 Å². The van der Waals surface area contributed by atoms with Gasteiger partial charge in [0.15, 0.2) is 5.69 Å². The molecule has 120 valence electrons. The minimum absolute atomic E-state index is 0.0800. The molecule has 0 fully saturated rings. The lowest BCUT2D eigenvalue weighted by atomic mass is 10.1. The fourth-order valence-corrected chi connectivity index (χ4v) is 2.86. The van der Waals surface area contributed by atoms with Crippen molar-refractivity contribution >= 4 is 11.9 Å². The molecular formula is C16H16FN3O3. The Balaban J connectivity index is 1.94. The minimum atomic E-state index is -1.14. The molecule has 7 heteroatoms. The van der Waals surface area contributed by atoms with E-state index < -0.39 is 5.97 Å². The second kappa shape index (κ2) is 5.83. The Labute approximate surface area is 132 Å². The fraction of sp³-hybridized carbons (Fsp3) is 0.312. The molecule has 0 atom stereocenters. The van der Waals surface area contributed by atoms with E-state index in [1.54, 1.807) is 25.1 Å². The number of aromatic carboxylic acids is 1. The van der Waals surface area contributed by atoms with E-state index in [4.69, 9.17) is 0 Å². The van der Waals surface area contributed by atoms with Crippen LogP contribution >= 0.6 is 0 Å². The minimum Gasteiger partial charge on any atom is -0.476 e. The summed E-state index contributed by atoms with van der Waals surface area (Å²) in [6, 6.07) is 6.31. The maximum atomic E-state index is 13.8. The van der Waals surface area contributed by atoms with Crippen molar-refractivity contribution in [2.45, 2.75) is 26.4 Å². The first kappa shape index (κ1) is 15.2. The van der Waals surface area contributed by atoms with E-state index in [-0.39, 0.29) is 24.0 Å². The number of carboxylic acids is 1. The highest BCUT2D eigenvalue weighted by Crippen LogP contribution is 2.23. The summed E-state index contributed by atoms with van der Waals surface area (Å²) in [5, 5.41) is 13.2. The molecule has 6 nitrogen and oxygen atoms in total. The number of nitrogens with zero attached hydrogens (tertiary/aromatic N) is 3. The summed E-state index contributed by atoms with van der Waals surface area (Å²) in [7, 11) is 0. The summed E-state index contributed by atoms with van der Waals surface area (Å²) in [5.41, 5.74) is 1.09. The number of halogens is 1. The third kappa shape index (κ3) is 2.58. The van der Waals surface area contributed by atoms with Gasteiger partial charge in [-0.2, -0.15) is 5.10 Å². The summed E-state index contributed by atoms with van der Waals surface area (Å²) in [4.78, 5) is 25.5. The summed E-state index contributed by atoms with van der Waals surface area (Å²) in [5.74, 6) is -1.81. The molecule has 0 saturated heterocycles. The highest BCUT2D eigenvalue weighted by atomic mass is 19.1. The number of hydrogen-bond acceptors (Lipinski definition) is 3. The number of aromatic nitrogens is 2. The Hall–Kier alpha value is -2.70. The molecule has 1 aromatic carbocycles. The molecule has 0 radical (unpaired) electrons. The third-order valence-corrected chi connectivity index (χ3v) is 4.00. The molecule has 0 bridgehead atoms. The van der Waals surface area contributed by atoms with Gasteiger partial charge in [-0.05, 0) is 12.5 Å². The first-order valence-electron chi connectivity index (χ1n) is 7.38. The molecule has 0 unspecified atom stereocenters. The van der Waals surface area contributed by atoms with Crippen LogP contribution in [-0.4, -0.2) is 38.2 Å². The molecule has 0 saturated carbocycles. The predicted molar refractivity (Wildman–Crippen MR) is 79.7 cm³/mol. The number of benzene rings is 1.